The number of hydrogen-bond acceptors (Lipinski definition) is 3. The summed E-state index contributed by atoms with van der Waals surface area (Å²) in [4.78, 5) is 14.7. The molecule has 1 fully saturated rings. The van der Waals surface area contributed by atoms with Crippen LogP contribution in [0, 0.1) is 0 Å². The monoisotopic (exact) mass is 405 g/mol. The third-order valence-electron chi connectivity index (χ3n) is 5.45. The summed E-state index contributed by atoms with van der Waals surface area (Å²) in [5.41, 5.74) is 2.07. The first-order chi connectivity index (χ1) is 14.2. The number of carbonyl (C=O) groups is 1. The standard InChI is InChI=1S/C25H24ClNO2/c26-22-10-6-21(7-11-22)25(28)18-27-16-14-20(15-17-27)19-8-12-24(13-9-19)29-23-4-2-1-3-5-23/h1-13,20H,14-18H2. The van der Waals surface area contributed by atoms with E-state index in [-0.39, 0.29) is 5.78 Å². The smallest absolute Gasteiger partial charge is 0.176 e. The Morgan fingerprint density at radius 3 is 2.14 bits per heavy atom. The van der Waals surface area contributed by atoms with Gasteiger partial charge in [0, 0.05) is 10.6 Å². The highest BCUT2D eigenvalue weighted by atomic mass is 35.5. The number of para-hydroxylation sites is 1. The van der Waals surface area contributed by atoms with Crippen molar-refractivity contribution in [3.05, 3.63) is 95.0 Å². The van der Waals surface area contributed by atoms with Gasteiger partial charge in [-0.15, -0.1) is 0 Å². The second-order valence-electron chi connectivity index (χ2n) is 7.46. The lowest BCUT2D eigenvalue weighted by atomic mass is 9.89. The van der Waals surface area contributed by atoms with Crippen LogP contribution in [0.2, 0.25) is 5.02 Å². The van der Waals surface area contributed by atoms with Crippen LogP contribution in [0.1, 0.15) is 34.7 Å². The molecule has 1 aliphatic rings. The van der Waals surface area contributed by atoms with E-state index in [1.165, 1.54) is 5.56 Å². The number of benzene rings is 3. The summed E-state index contributed by atoms with van der Waals surface area (Å²) < 4.78 is 5.88. The Balaban J connectivity index is 1.29. The van der Waals surface area contributed by atoms with Crippen LogP contribution < -0.4 is 4.74 Å². The lowest BCUT2D eigenvalue weighted by molar-refractivity contribution is 0.0909. The SMILES string of the molecule is O=C(CN1CCC(c2ccc(Oc3ccccc3)cc2)CC1)c1ccc(Cl)cc1. The molecule has 3 aromatic rings. The quantitative estimate of drug-likeness (QED) is 0.457. The number of ether oxygens (including phenoxy) is 1. The lowest BCUT2D eigenvalue weighted by Gasteiger charge is -2.31. The van der Waals surface area contributed by atoms with Gasteiger partial charge in [0.05, 0.1) is 6.54 Å². The van der Waals surface area contributed by atoms with Crippen LogP contribution in [-0.2, 0) is 0 Å². The van der Waals surface area contributed by atoms with Crippen molar-refractivity contribution >= 4 is 17.4 Å². The maximum Gasteiger partial charge on any atom is 0.176 e. The van der Waals surface area contributed by atoms with E-state index in [0.29, 0.717) is 17.5 Å². The Kier molecular flexibility index (Phi) is 6.28. The van der Waals surface area contributed by atoms with Gasteiger partial charge in [-0.25, -0.2) is 0 Å². The van der Waals surface area contributed by atoms with Crippen molar-refractivity contribution in [2.45, 2.75) is 18.8 Å². The first kappa shape index (κ1) is 19.7. The normalized spacial score (nSPS) is 15.2. The lowest BCUT2D eigenvalue weighted by Crippen LogP contribution is -2.36. The molecule has 0 saturated carbocycles. The number of hydrogen-bond donors (Lipinski definition) is 0. The van der Waals surface area contributed by atoms with Gasteiger partial charge in [-0.05, 0) is 85.9 Å². The molecule has 1 saturated heterocycles. The molecule has 0 unspecified atom stereocenters. The third kappa shape index (κ3) is 5.26. The minimum atomic E-state index is 0.155. The molecular weight excluding hydrogens is 382 g/mol. The highest BCUT2D eigenvalue weighted by Crippen LogP contribution is 2.30. The molecule has 4 rings (SSSR count). The number of halogens is 1. The molecule has 0 aliphatic carbocycles. The Labute approximate surface area is 176 Å². The summed E-state index contributed by atoms with van der Waals surface area (Å²) in [6, 6.07) is 25.4. The Bertz CT molecular complexity index is 931. The number of ketones is 1. The first-order valence-corrected chi connectivity index (χ1v) is 10.4. The zero-order chi connectivity index (χ0) is 20.1. The van der Waals surface area contributed by atoms with E-state index in [1.54, 1.807) is 24.3 Å². The molecule has 0 radical (unpaired) electrons. The fraction of sp³-hybridized carbons (Fsp3) is 0.240. The topological polar surface area (TPSA) is 29.5 Å². The van der Waals surface area contributed by atoms with Crippen molar-refractivity contribution in [3.8, 4) is 11.5 Å². The fourth-order valence-corrected chi connectivity index (χ4v) is 3.91. The molecule has 1 aliphatic heterocycles. The van der Waals surface area contributed by atoms with Crippen molar-refractivity contribution in [3.63, 3.8) is 0 Å². The van der Waals surface area contributed by atoms with E-state index in [0.717, 1.165) is 43.0 Å². The molecule has 0 bridgehead atoms. The zero-order valence-electron chi connectivity index (χ0n) is 16.3. The van der Waals surface area contributed by atoms with Crippen LogP contribution in [0.25, 0.3) is 0 Å². The van der Waals surface area contributed by atoms with Crippen molar-refractivity contribution in [1.82, 2.24) is 4.90 Å². The fourth-order valence-electron chi connectivity index (χ4n) is 3.79. The van der Waals surface area contributed by atoms with Gasteiger partial charge in [0.2, 0.25) is 0 Å². The Hall–Kier alpha value is -2.62. The molecule has 0 amide bonds. The molecule has 3 nitrogen and oxygen atoms in total. The highest BCUT2D eigenvalue weighted by Gasteiger charge is 2.22. The highest BCUT2D eigenvalue weighted by molar-refractivity contribution is 6.30. The maximum atomic E-state index is 12.5. The van der Waals surface area contributed by atoms with Crippen molar-refractivity contribution in [2.24, 2.45) is 0 Å². The van der Waals surface area contributed by atoms with Crippen LogP contribution in [0.15, 0.2) is 78.9 Å². The summed E-state index contributed by atoms with van der Waals surface area (Å²) >= 11 is 5.90. The number of carbonyl (C=O) groups excluding carboxylic acids is 1. The third-order valence-corrected chi connectivity index (χ3v) is 5.70. The predicted octanol–water partition coefficient (Wildman–Crippen LogP) is 6.19. The van der Waals surface area contributed by atoms with E-state index in [4.69, 9.17) is 16.3 Å². The second kappa shape index (κ2) is 9.25. The van der Waals surface area contributed by atoms with Gasteiger partial charge in [0.15, 0.2) is 5.78 Å². The first-order valence-electron chi connectivity index (χ1n) is 10.0. The van der Waals surface area contributed by atoms with Crippen molar-refractivity contribution in [2.75, 3.05) is 19.6 Å². The van der Waals surface area contributed by atoms with E-state index < -0.39 is 0 Å². The van der Waals surface area contributed by atoms with Gasteiger partial charge < -0.3 is 4.74 Å². The molecule has 1 heterocycles. The number of Topliss-reactive ketones (excluding diaryl/α,β-unsaturated/α-hetero) is 1. The van der Waals surface area contributed by atoms with Gasteiger partial charge in [0.1, 0.15) is 11.5 Å². The van der Waals surface area contributed by atoms with E-state index in [9.17, 15) is 4.79 Å². The van der Waals surface area contributed by atoms with E-state index >= 15 is 0 Å². The summed E-state index contributed by atoms with van der Waals surface area (Å²) in [5, 5.41) is 0.655. The van der Waals surface area contributed by atoms with E-state index in [1.807, 2.05) is 42.5 Å². The van der Waals surface area contributed by atoms with Gasteiger partial charge >= 0.3 is 0 Å². The minimum Gasteiger partial charge on any atom is -0.457 e. The summed E-state index contributed by atoms with van der Waals surface area (Å²) in [6.07, 6.45) is 2.12. The summed E-state index contributed by atoms with van der Waals surface area (Å²) in [5.74, 6) is 2.38. The Morgan fingerprint density at radius 1 is 0.862 bits per heavy atom. The van der Waals surface area contributed by atoms with Gasteiger partial charge in [-0.1, -0.05) is 41.9 Å². The molecule has 0 atom stereocenters. The number of nitrogens with zero attached hydrogens (tertiary/aromatic N) is 1. The molecule has 148 valence electrons. The molecule has 3 aromatic carbocycles. The average Bonchev–Trinajstić information content (AvgIpc) is 2.76. The van der Waals surface area contributed by atoms with Crippen LogP contribution in [0.4, 0.5) is 0 Å². The van der Waals surface area contributed by atoms with Gasteiger partial charge in [-0.3, -0.25) is 9.69 Å². The average molecular weight is 406 g/mol. The van der Waals surface area contributed by atoms with Crippen LogP contribution in [0.5, 0.6) is 11.5 Å². The Morgan fingerprint density at radius 2 is 1.48 bits per heavy atom. The summed E-state index contributed by atoms with van der Waals surface area (Å²) in [6.45, 7) is 2.34. The molecule has 0 N–H and O–H groups in total. The largest absolute Gasteiger partial charge is 0.457 e. The second-order valence-corrected chi connectivity index (χ2v) is 7.90. The maximum absolute atomic E-state index is 12.5. The van der Waals surface area contributed by atoms with Crippen LogP contribution >= 0.6 is 11.6 Å². The zero-order valence-corrected chi connectivity index (χ0v) is 17.0. The predicted molar refractivity (Wildman–Crippen MR) is 117 cm³/mol. The molecule has 4 heteroatoms. The number of likely N-dealkylation sites (tertiary alicyclic amines) is 1. The summed E-state index contributed by atoms with van der Waals surface area (Å²) in [7, 11) is 0. The number of rotatable bonds is 6. The molecule has 0 aromatic heterocycles. The van der Waals surface area contributed by atoms with E-state index in [2.05, 4.69) is 17.0 Å². The van der Waals surface area contributed by atoms with Crippen molar-refractivity contribution < 1.29 is 9.53 Å². The van der Waals surface area contributed by atoms with Gasteiger partial charge in [-0.2, -0.15) is 0 Å². The van der Waals surface area contributed by atoms with Crippen LogP contribution in [-0.4, -0.2) is 30.3 Å². The number of piperidine rings is 1. The molecule has 29 heavy (non-hydrogen) atoms. The molecular formula is C25H24ClNO2. The van der Waals surface area contributed by atoms with Crippen molar-refractivity contribution in [1.29, 1.82) is 0 Å². The molecule has 0 spiro atoms. The van der Waals surface area contributed by atoms with Gasteiger partial charge in [0.25, 0.3) is 0 Å². The minimum absolute atomic E-state index is 0.155. The van der Waals surface area contributed by atoms with Crippen LogP contribution in [0.3, 0.4) is 0 Å².